The number of benzene rings is 1. The second-order valence-corrected chi connectivity index (χ2v) is 7.22. The maximum Gasteiger partial charge on any atom is 0.257 e. The number of para-hydroxylation sites is 1. The quantitative estimate of drug-likeness (QED) is 0.505. The third kappa shape index (κ3) is 3.14. The molecule has 0 bridgehead atoms. The summed E-state index contributed by atoms with van der Waals surface area (Å²) in [5.74, 6) is 0.184. The highest BCUT2D eigenvalue weighted by Gasteiger charge is 2.14. The average molecular weight is 369 g/mol. The van der Waals surface area contributed by atoms with Crippen LogP contribution in [0.15, 0.2) is 48.5 Å². The van der Waals surface area contributed by atoms with Crippen LogP contribution in [0.25, 0.3) is 21.5 Å². The molecule has 0 aliphatic carbocycles. The SMILES string of the molecule is Cc1ccc(-c2cc(NC(=O)c3cc(Cl)nc4ccccc34)n[nH]2)s1. The zero-order chi connectivity index (χ0) is 17.4. The van der Waals surface area contributed by atoms with Gasteiger partial charge in [0.15, 0.2) is 5.82 Å². The molecule has 0 unspecified atom stereocenters. The lowest BCUT2D eigenvalue weighted by molar-refractivity contribution is 0.102. The van der Waals surface area contributed by atoms with Crippen LogP contribution in [0, 0.1) is 6.92 Å². The number of nitrogens with one attached hydrogen (secondary N) is 2. The molecule has 5 nitrogen and oxygen atoms in total. The minimum absolute atomic E-state index is 0.277. The third-order valence-corrected chi connectivity index (χ3v) is 4.98. The van der Waals surface area contributed by atoms with Crippen LogP contribution in [0.5, 0.6) is 0 Å². The highest BCUT2D eigenvalue weighted by molar-refractivity contribution is 7.15. The van der Waals surface area contributed by atoms with Crippen LogP contribution in [0.1, 0.15) is 15.2 Å². The molecule has 0 saturated heterocycles. The highest BCUT2D eigenvalue weighted by Crippen LogP contribution is 2.28. The molecule has 0 atom stereocenters. The Morgan fingerprint density at radius 2 is 2.04 bits per heavy atom. The predicted octanol–water partition coefficient (Wildman–Crippen LogP) is 4.90. The number of pyridine rings is 1. The van der Waals surface area contributed by atoms with E-state index >= 15 is 0 Å². The lowest BCUT2D eigenvalue weighted by Crippen LogP contribution is -2.13. The van der Waals surface area contributed by atoms with Crippen molar-refractivity contribution in [2.24, 2.45) is 0 Å². The van der Waals surface area contributed by atoms with Gasteiger partial charge in [-0.25, -0.2) is 4.98 Å². The van der Waals surface area contributed by atoms with Crippen molar-refractivity contribution in [3.05, 3.63) is 64.1 Å². The highest BCUT2D eigenvalue weighted by atomic mass is 35.5. The van der Waals surface area contributed by atoms with E-state index in [1.807, 2.05) is 49.4 Å². The minimum atomic E-state index is -0.277. The summed E-state index contributed by atoms with van der Waals surface area (Å²) in [5.41, 5.74) is 2.01. The van der Waals surface area contributed by atoms with Crippen molar-refractivity contribution in [1.82, 2.24) is 15.2 Å². The summed E-state index contributed by atoms with van der Waals surface area (Å²) in [6, 6.07) is 14.8. The van der Waals surface area contributed by atoms with Crippen molar-refractivity contribution in [3.63, 3.8) is 0 Å². The Hall–Kier alpha value is -2.70. The molecular weight excluding hydrogens is 356 g/mol. The molecule has 3 heterocycles. The molecule has 2 N–H and O–H groups in total. The van der Waals surface area contributed by atoms with Gasteiger partial charge in [0.25, 0.3) is 5.91 Å². The first kappa shape index (κ1) is 15.8. The van der Waals surface area contributed by atoms with Gasteiger partial charge in [0.2, 0.25) is 0 Å². The van der Waals surface area contributed by atoms with Crippen molar-refractivity contribution in [2.45, 2.75) is 6.92 Å². The first-order valence-corrected chi connectivity index (χ1v) is 8.78. The van der Waals surface area contributed by atoms with Crippen LogP contribution >= 0.6 is 22.9 Å². The number of anilines is 1. The monoisotopic (exact) mass is 368 g/mol. The van der Waals surface area contributed by atoms with E-state index in [0.717, 1.165) is 16.0 Å². The zero-order valence-electron chi connectivity index (χ0n) is 13.2. The third-order valence-electron chi connectivity index (χ3n) is 3.75. The fourth-order valence-corrected chi connectivity index (χ4v) is 3.64. The molecule has 0 spiro atoms. The maximum atomic E-state index is 12.7. The number of aromatic amines is 1. The number of amides is 1. The van der Waals surface area contributed by atoms with Crippen molar-refractivity contribution >= 4 is 45.6 Å². The standard InChI is InChI=1S/C18H13ClN4OS/c1-10-6-7-15(25-10)14-9-17(23-22-14)21-18(24)12-8-16(19)20-13-5-3-2-4-11(12)13/h2-9H,1H3,(H2,21,22,23,24). The number of hydrogen-bond donors (Lipinski definition) is 2. The van der Waals surface area contributed by atoms with E-state index in [2.05, 4.69) is 20.5 Å². The number of H-pyrrole nitrogens is 1. The summed E-state index contributed by atoms with van der Waals surface area (Å²) < 4.78 is 0. The molecule has 0 aliphatic rings. The predicted molar refractivity (Wildman–Crippen MR) is 101 cm³/mol. The second-order valence-electron chi connectivity index (χ2n) is 5.54. The van der Waals surface area contributed by atoms with Gasteiger partial charge >= 0.3 is 0 Å². The van der Waals surface area contributed by atoms with Crippen molar-refractivity contribution in [2.75, 3.05) is 5.32 Å². The summed E-state index contributed by atoms with van der Waals surface area (Å²) in [7, 11) is 0. The van der Waals surface area contributed by atoms with E-state index in [-0.39, 0.29) is 11.1 Å². The van der Waals surface area contributed by atoms with Gasteiger partial charge in [-0.15, -0.1) is 11.3 Å². The molecule has 25 heavy (non-hydrogen) atoms. The molecule has 1 amide bonds. The molecule has 4 aromatic rings. The van der Waals surface area contributed by atoms with Crippen LogP contribution in [0.4, 0.5) is 5.82 Å². The van der Waals surface area contributed by atoms with Crippen molar-refractivity contribution in [1.29, 1.82) is 0 Å². The number of aryl methyl sites for hydroxylation is 1. The van der Waals surface area contributed by atoms with Crippen molar-refractivity contribution < 1.29 is 4.79 Å². The van der Waals surface area contributed by atoms with E-state index in [0.29, 0.717) is 16.9 Å². The zero-order valence-corrected chi connectivity index (χ0v) is 14.8. The Balaban J connectivity index is 1.64. The molecule has 3 aromatic heterocycles. The summed E-state index contributed by atoms with van der Waals surface area (Å²) in [5, 5.41) is 11.0. The molecule has 4 rings (SSSR count). The number of carbonyl (C=O) groups is 1. The number of nitrogens with zero attached hydrogens (tertiary/aromatic N) is 2. The first-order valence-electron chi connectivity index (χ1n) is 7.59. The smallest absolute Gasteiger partial charge is 0.257 e. The fourth-order valence-electron chi connectivity index (χ4n) is 2.61. The van der Waals surface area contributed by atoms with E-state index in [1.54, 1.807) is 17.4 Å². The number of hydrogen-bond acceptors (Lipinski definition) is 4. The number of rotatable bonds is 3. The fraction of sp³-hybridized carbons (Fsp3) is 0.0556. The van der Waals surface area contributed by atoms with Gasteiger partial charge in [-0.05, 0) is 31.2 Å². The van der Waals surface area contributed by atoms with Crippen LogP contribution < -0.4 is 5.32 Å². The summed E-state index contributed by atoms with van der Waals surface area (Å²) in [4.78, 5) is 19.2. The molecule has 1 aromatic carbocycles. The largest absolute Gasteiger partial charge is 0.305 e. The number of halogens is 1. The molecule has 0 saturated carbocycles. The average Bonchev–Trinajstić information content (AvgIpc) is 3.23. The van der Waals surface area contributed by atoms with E-state index in [1.165, 1.54) is 4.88 Å². The topological polar surface area (TPSA) is 70.7 Å². The molecule has 0 fully saturated rings. The van der Waals surface area contributed by atoms with Gasteiger partial charge < -0.3 is 5.32 Å². The first-order chi connectivity index (χ1) is 12.1. The Morgan fingerprint density at radius 1 is 1.20 bits per heavy atom. The van der Waals surface area contributed by atoms with Gasteiger partial charge in [-0.1, -0.05) is 29.8 Å². The number of fused-ring (bicyclic) bond motifs is 1. The second kappa shape index (κ2) is 6.31. The number of carbonyl (C=O) groups excluding carboxylic acids is 1. The van der Waals surface area contributed by atoms with Gasteiger partial charge in [0, 0.05) is 16.3 Å². The summed E-state index contributed by atoms with van der Waals surface area (Å²) in [6.07, 6.45) is 0. The normalized spacial score (nSPS) is 11.0. The van der Waals surface area contributed by atoms with Crippen LogP contribution in [0.2, 0.25) is 5.15 Å². The summed E-state index contributed by atoms with van der Waals surface area (Å²) in [6.45, 7) is 2.05. The number of aromatic nitrogens is 3. The Morgan fingerprint density at radius 3 is 2.84 bits per heavy atom. The van der Waals surface area contributed by atoms with Crippen LogP contribution in [-0.2, 0) is 0 Å². The molecular formula is C18H13ClN4OS. The van der Waals surface area contributed by atoms with E-state index in [9.17, 15) is 4.79 Å². The molecule has 124 valence electrons. The maximum absolute atomic E-state index is 12.7. The minimum Gasteiger partial charge on any atom is -0.305 e. The Kier molecular flexibility index (Phi) is 3.99. The van der Waals surface area contributed by atoms with Crippen LogP contribution in [0.3, 0.4) is 0 Å². The molecule has 0 radical (unpaired) electrons. The molecule has 7 heteroatoms. The van der Waals surface area contributed by atoms with E-state index < -0.39 is 0 Å². The Labute approximate surface area is 152 Å². The van der Waals surface area contributed by atoms with Gasteiger partial charge in [-0.3, -0.25) is 9.89 Å². The van der Waals surface area contributed by atoms with Gasteiger partial charge in [0.1, 0.15) is 5.15 Å². The Bertz CT molecular complexity index is 1090. The van der Waals surface area contributed by atoms with Gasteiger partial charge in [0.05, 0.1) is 21.7 Å². The van der Waals surface area contributed by atoms with E-state index in [4.69, 9.17) is 11.6 Å². The summed E-state index contributed by atoms with van der Waals surface area (Å²) >= 11 is 7.71. The number of thiophene rings is 1. The lowest BCUT2D eigenvalue weighted by Gasteiger charge is -2.06. The van der Waals surface area contributed by atoms with Gasteiger partial charge in [-0.2, -0.15) is 5.10 Å². The molecule has 0 aliphatic heterocycles. The van der Waals surface area contributed by atoms with Crippen LogP contribution in [-0.4, -0.2) is 21.1 Å². The lowest BCUT2D eigenvalue weighted by atomic mass is 10.1. The van der Waals surface area contributed by atoms with Crippen molar-refractivity contribution in [3.8, 4) is 10.6 Å².